The molecular weight excluding hydrogens is 558 g/mol. The number of rotatable bonds is 4. The second-order valence-electron chi connectivity index (χ2n) is 10.6. The summed E-state index contributed by atoms with van der Waals surface area (Å²) < 4.78 is 44.0. The average molecular weight is 585 g/mol. The van der Waals surface area contributed by atoms with E-state index in [2.05, 4.69) is 5.32 Å². The molecule has 0 unspecified atom stereocenters. The number of nitrogens with one attached hydrogen (secondary N) is 1. The smallest absolute Gasteiger partial charge is 0.305 e. The SMILES string of the molecule is Cc1cc2cc(c1F)[C@@H](CC(=O)O)NC(=O)[C@@H](Cn1ccc3occc3c1=O)c1cc(ccc1F)Oc1cccc(C)c1-2. The van der Waals surface area contributed by atoms with Crippen molar-refractivity contribution in [3.63, 3.8) is 0 Å². The number of aromatic nitrogens is 1. The van der Waals surface area contributed by atoms with E-state index >= 15 is 8.78 Å². The molecule has 2 atom stereocenters. The molecule has 2 aromatic heterocycles. The second kappa shape index (κ2) is 10.9. The Morgan fingerprint density at radius 2 is 1.81 bits per heavy atom. The Kier molecular flexibility index (Phi) is 7.05. The molecule has 0 saturated carbocycles. The van der Waals surface area contributed by atoms with Crippen molar-refractivity contribution in [1.29, 1.82) is 0 Å². The summed E-state index contributed by atoms with van der Waals surface area (Å²) in [5.74, 6) is -4.17. The van der Waals surface area contributed by atoms with Crippen LogP contribution >= 0.6 is 0 Å². The highest BCUT2D eigenvalue weighted by Crippen LogP contribution is 2.40. The fourth-order valence-electron chi connectivity index (χ4n) is 5.63. The van der Waals surface area contributed by atoms with Crippen molar-refractivity contribution in [1.82, 2.24) is 9.88 Å². The van der Waals surface area contributed by atoms with Gasteiger partial charge < -0.3 is 24.1 Å². The van der Waals surface area contributed by atoms with Crippen LogP contribution in [0.5, 0.6) is 11.5 Å². The van der Waals surface area contributed by atoms with Gasteiger partial charge in [0.15, 0.2) is 0 Å². The number of hydrogen-bond donors (Lipinski definition) is 2. The highest BCUT2D eigenvalue weighted by Gasteiger charge is 2.31. The summed E-state index contributed by atoms with van der Waals surface area (Å²) in [6.07, 6.45) is 2.16. The van der Waals surface area contributed by atoms with Crippen molar-refractivity contribution >= 4 is 22.8 Å². The summed E-state index contributed by atoms with van der Waals surface area (Å²) in [6, 6.07) is 14.2. The van der Waals surface area contributed by atoms with Gasteiger partial charge in [-0.2, -0.15) is 0 Å². The number of halogens is 2. The number of amides is 1. The van der Waals surface area contributed by atoms with Crippen molar-refractivity contribution in [2.75, 3.05) is 0 Å². The minimum atomic E-state index is -1.33. The first-order valence-corrected chi connectivity index (χ1v) is 13.6. The summed E-state index contributed by atoms with van der Waals surface area (Å²) >= 11 is 0. The molecule has 0 fully saturated rings. The molecule has 0 spiro atoms. The van der Waals surface area contributed by atoms with E-state index in [0.717, 1.165) is 5.56 Å². The Balaban J connectivity index is 1.58. The molecule has 4 bridgehead atoms. The summed E-state index contributed by atoms with van der Waals surface area (Å²) in [6.45, 7) is 3.11. The van der Waals surface area contributed by atoms with Crippen molar-refractivity contribution in [3.05, 3.63) is 117 Å². The Bertz CT molecular complexity index is 1980. The number of fused-ring (bicyclic) bond motifs is 7. The van der Waals surface area contributed by atoms with Crippen molar-refractivity contribution in [3.8, 4) is 22.6 Å². The minimum Gasteiger partial charge on any atom is -0.481 e. The fourth-order valence-corrected chi connectivity index (χ4v) is 5.63. The van der Waals surface area contributed by atoms with Gasteiger partial charge in [-0.25, -0.2) is 8.78 Å². The Morgan fingerprint density at radius 3 is 2.60 bits per heavy atom. The number of aliphatic carboxylic acids is 1. The molecule has 8 nitrogen and oxygen atoms in total. The number of nitrogens with zero attached hydrogens (tertiary/aromatic N) is 1. The molecule has 0 radical (unpaired) electrons. The number of carboxylic acids is 1. The second-order valence-corrected chi connectivity index (χ2v) is 10.6. The van der Waals surface area contributed by atoms with E-state index in [-0.39, 0.29) is 34.4 Å². The third-order valence-electron chi connectivity index (χ3n) is 7.74. The highest BCUT2D eigenvalue weighted by atomic mass is 19.1. The van der Waals surface area contributed by atoms with Crippen LogP contribution in [0, 0.1) is 25.5 Å². The first-order chi connectivity index (χ1) is 20.6. The minimum absolute atomic E-state index is 0.0397. The highest BCUT2D eigenvalue weighted by molar-refractivity contribution is 5.85. The van der Waals surface area contributed by atoms with Crippen LogP contribution in [-0.4, -0.2) is 21.6 Å². The topological polar surface area (TPSA) is 111 Å². The standard InChI is InChI=1S/C33H26F2N2O6/c1-17-4-3-5-28-30(17)19-12-18(2)31(35)23(13-19)26(15-29(38)39)36-32(40)24(22-14-20(43-28)6-7-25(22)34)16-37-10-8-27-21(33(37)41)9-11-42-27/h3-14,24,26H,15-16H2,1-2H3,(H,36,40)(H,38,39)/t24-,26+/m0/s1. The molecule has 10 heteroatoms. The first kappa shape index (κ1) is 27.9. The zero-order valence-electron chi connectivity index (χ0n) is 23.2. The van der Waals surface area contributed by atoms with Gasteiger partial charge in [-0.05, 0) is 79.1 Å². The third-order valence-corrected chi connectivity index (χ3v) is 7.74. The van der Waals surface area contributed by atoms with E-state index in [1.165, 1.54) is 47.4 Å². The fraction of sp³-hybridized carbons (Fsp3) is 0.182. The maximum absolute atomic E-state index is 15.7. The lowest BCUT2D eigenvalue weighted by Gasteiger charge is -2.24. The Hall–Kier alpha value is -5.25. The van der Waals surface area contributed by atoms with E-state index < -0.39 is 47.5 Å². The number of hydrogen-bond acceptors (Lipinski definition) is 5. The predicted octanol–water partition coefficient (Wildman–Crippen LogP) is 6.38. The molecular formula is C33H26F2N2O6. The molecule has 1 amide bonds. The number of carboxylic acid groups (broad SMARTS) is 1. The molecule has 2 N–H and O–H groups in total. The zero-order chi connectivity index (χ0) is 30.4. The van der Waals surface area contributed by atoms with E-state index in [4.69, 9.17) is 9.15 Å². The largest absolute Gasteiger partial charge is 0.481 e. The van der Waals surface area contributed by atoms with E-state index in [1.54, 1.807) is 31.2 Å². The number of furan rings is 1. The zero-order valence-corrected chi connectivity index (χ0v) is 23.2. The Morgan fingerprint density at radius 1 is 1.00 bits per heavy atom. The van der Waals surface area contributed by atoms with Crippen LogP contribution in [0.1, 0.15) is 40.6 Å². The van der Waals surface area contributed by atoms with Gasteiger partial charge in [-0.1, -0.05) is 12.1 Å². The number of pyridine rings is 1. The van der Waals surface area contributed by atoms with Crippen LogP contribution < -0.4 is 15.6 Å². The third kappa shape index (κ3) is 5.16. The predicted molar refractivity (Wildman–Crippen MR) is 154 cm³/mol. The number of aryl methyl sites for hydroxylation is 2. The molecule has 43 heavy (non-hydrogen) atoms. The average Bonchev–Trinajstić information content (AvgIpc) is 3.44. The number of carbonyl (C=O) groups is 2. The summed E-state index contributed by atoms with van der Waals surface area (Å²) in [7, 11) is 0. The van der Waals surface area contributed by atoms with E-state index in [9.17, 15) is 19.5 Å². The Labute approximate surface area is 244 Å². The van der Waals surface area contributed by atoms with Gasteiger partial charge in [-0.3, -0.25) is 14.4 Å². The molecule has 1 aliphatic rings. The van der Waals surface area contributed by atoms with Crippen LogP contribution in [0.2, 0.25) is 0 Å². The van der Waals surface area contributed by atoms with Gasteiger partial charge >= 0.3 is 5.97 Å². The quantitative estimate of drug-likeness (QED) is 0.254. The van der Waals surface area contributed by atoms with Crippen molar-refractivity contribution < 1.29 is 32.6 Å². The number of carbonyl (C=O) groups excluding carboxylic acids is 1. The van der Waals surface area contributed by atoms with Crippen LogP contribution in [0.15, 0.2) is 82.3 Å². The maximum Gasteiger partial charge on any atom is 0.305 e. The van der Waals surface area contributed by atoms with Gasteiger partial charge in [0.2, 0.25) is 5.91 Å². The molecule has 0 saturated heterocycles. The summed E-state index contributed by atoms with van der Waals surface area (Å²) in [5.41, 5.74) is 2.00. The van der Waals surface area contributed by atoms with Gasteiger partial charge in [0.25, 0.3) is 5.56 Å². The van der Waals surface area contributed by atoms with Crippen molar-refractivity contribution in [2.24, 2.45) is 0 Å². The molecule has 3 heterocycles. The normalized spacial score (nSPS) is 16.3. The molecule has 6 rings (SSSR count). The van der Waals surface area contributed by atoms with Crippen LogP contribution in [0.4, 0.5) is 8.78 Å². The van der Waals surface area contributed by atoms with Gasteiger partial charge in [0.05, 0.1) is 30.0 Å². The van der Waals surface area contributed by atoms with Gasteiger partial charge in [0.1, 0.15) is 28.7 Å². The molecule has 3 aromatic carbocycles. The molecule has 5 aromatic rings. The first-order valence-electron chi connectivity index (χ1n) is 13.6. The van der Waals surface area contributed by atoms with Gasteiger partial charge in [0, 0.05) is 29.4 Å². The van der Waals surface area contributed by atoms with Crippen LogP contribution in [0.3, 0.4) is 0 Å². The number of benzene rings is 3. The van der Waals surface area contributed by atoms with E-state index in [0.29, 0.717) is 22.5 Å². The number of ether oxygens (including phenoxy) is 1. The van der Waals surface area contributed by atoms with E-state index in [1.807, 2.05) is 13.0 Å². The van der Waals surface area contributed by atoms with Crippen molar-refractivity contribution in [2.45, 2.75) is 38.8 Å². The van der Waals surface area contributed by atoms with Gasteiger partial charge in [-0.15, -0.1) is 0 Å². The lowest BCUT2D eigenvalue weighted by molar-refractivity contribution is -0.137. The molecule has 1 aliphatic heterocycles. The summed E-state index contributed by atoms with van der Waals surface area (Å²) in [4.78, 5) is 39.2. The van der Waals surface area contributed by atoms with Crippen LogP contribution in [-0.2, 0) is 16.1 Å². The lowest BCUT2D eigenvalue weighted by Crippen LogP contribution is -2.37. The molecule has 218 valence electrons. The monoisotopic (exact) mass is 584 g/mol. The summed E-state index contributed by atoms with van der Waals surface area (Å²) in [5, 5.41) is 12.7. The van der Waals surface area contributed by atoms with Crippen LogP contribution in [0.25, 0.3) is 22.1 Å². The lowest BCUT2D eigenvalue weighted by atomic mass is 9.91. The maximum atomic E-state index is 15.7. The molecule has 0 aliphatic carbocycles.